The lowest BCUT2D eigenvalue weighted by atomic mass is 10.2. The molecular formula is C17H17ClN2O5. The van der Waals surface area contributed by atoms with Crippen LogP contribution in [0.4, 0.5) is 10.5 Å². The molecule has 0 heterocycles. The smallest absolute Gasteiger partial charge is 0.407 e. The lowest BCUT2D eigenvalue weighted by molar-refractivity contribution is -0.384. The van der Waals surface area contributed by atoms with Crippen molar-refractivity contribution in [1.82, 2.24) is 4.90 Å². The van der Waals surface area contributed by atoms with Crippen molar-refractivity contribution in [3.63, 3.8) is 0 Å². The molecule has 0 unspecified atom stereocenters. The second-order valence-electron chi connectivity index (χ2n) is 5.26. The molecule has 2 aromatic carbocycles. The summed E-state index contributed by atoms with van der Waals surface area (Å²) in [6.07, 6.45) is -0.538. The number of rotatable bonds is 8. The van der Waals surface area contributed by atoms with Gasteiger partial charge in [-0.3, -0.25) is 10.1 Å². The van der Waals surface area contributed by atoms with Crippen LogP contribution in [-0.2, 0) is 6.54 Å². The van der Waals surface area contributed by atoms with Crippen molar-refractivity contribution in [1.29, 1.82) is 0 Å². The highest BCUT2D eigenvalue weighted by molar-refractivity contribution is 6.32. The van der Waals surface area contributed by atoms with Gasteiger partial charge in [-0.15, -0.1) is 0 Å². The average Bonchev–Trinajstić information content (AvgIpc) is 2.59. The van der Waals surface area contributed by atoms with Crippen LogP contribution < -0.4 is 4.74 Å². The molecule has 0 spiro atoms. The molecule has 2 rings (SSSR count). The molecule has 1 N–H and O–H groups in total. The van der Waals surface area contributed by atoms with Crippen molar-refractivity contribution >= 4 is 23.4 Å². The number of nitro benzene ring substituents is 1. The first-order chi connectivity index (χ1) is 12.0. The Morgan fingerprint density at radius 3 is 2.56 bits per heavy atom. The summed E-state index contributed by atoms with van der Waals surface area (Å²) in [6.45, 7) is 0.847. The summed E-state index contributed by atoms with van der Waals surface area (Å²) in [7, 11) is 0. The molecule has 8 heteroatoms. The molecule has 1 amide bonds. The van der Waals surface area contributed by atoms with Gasteiger partial charge in [0, 0.05) is 25.2 Å². The van der Waals surface area contributed by atoms with Crippen molar-refractivity contribution in [3.8, 4) is 5.75 Å². The van der Waals surface area contributed by atoms with Gasteiger partial charge in [-0.05, 0) is 18.1 Å². The van der Waals surface area contributed by atoms with Gasteiger partial charge < -0.3 is 14.7 Å². The third-order valence-corrected chi connectivity index (χ3v) is 3.74. The zero-order chi connectivity index (χ0) is 18.2. The Hall–Kier alpha value is -2.80. The molecule has 0 saturated heterocycles. The van der Waals surface area contributed by atoms with E-state index in [1.165, 1.54) is 23.1 Å². The summed E-state index contributed by atoms with van der Waals surface area (Å²) >= 11 is 5.94. The molecule has 2 aromatic rings. The molecule has 0 aliphatic heterocycles. The van der Waals surface area contributed by atoms with E-state index in [1.807, 2.05) is 30.3 Å². The van der Waals surface area contributed by atoms with E-state index in [0.717, 1.165) is 5.56 Å². The van der Waals surface area contributed by atoms with Gasteiger partial charge in [-0.25, -0.2) is 4.79 Å². The van der Waals surface area contributed by atoms with Gasteiger partial charge in [0.1, 0.15) is 5.75 Å². The van der Waals surface area contributed by atoms with Gasteiger partial charge in [-0.1, -0.05) is 41.9 Å². The number of benzene rings is 2. The normalized spacial score (nSPS) is 10.3. The number of hydrogen-bond acceptors (Lipinski definition) is 4. The van der Waals surface area contributed by atoms with Crippen LogP contribution in [0.15, 0.2) is 48.5 Å². The van der Waals surface area contributed by atoms with Crippen LogP contribution in [0, 0.1) is 10.1 Å². The molecule has 132 valence electrons. The van der Waals surface area contributed by atoms with E-state index in [0.29, 0.717) is 25.3 Å². The van der Waals surface area contributed by atoms with Gasteiger partial charge in [-0.2, -0.15) is 0 Å². The van der Waals surface area contributed by atoms with Gasteiger partial charge in [0.25, 0.3) is 5.69 Å². The van der Waals surface area contributed by atoms with E-state index in [4.69, 9.17) is 16.3 Å². The number of halogens is 1. The second-order valence-corrected chi connectivity index (χ2v) is 5.67. The molecule has 0 aliphatic carbocycles. The zero-order valence-electron chi connectivity index (χ0n) is 13.3. The fraction of sp³-hybridized carbons (Fsp3) is 0.235. The largest absolute Gasteiger partial charge is 0.492 e. The minimum atomic E-state index is -1.00. The van der Waals surface area contributed by atoms with Gasteiger partial charge in [0.05, 0.1) is 16.6 Å². The summed E-state index contributed by atoms with van der Waals surface area (Å²) in [6, 6.07) is 13.3. The van der Waals surface area contributed by atoms with Crippen LogP contribution in [0.1, 0.15) is 12.0 Å². The molecule has 0 bridgehead atoms. The maximum Gasteiger partial charge on any atom is 0.407 e. The van der Waals surface area contributed by atoms with Crippen LogP contribution in [0.3, 0.4) is 0 Å². The number of nitro groups is 1. The first-order valence-electron chi connectivity index (χ1n) is 7.56. The Kier molecular flexibility index (Phi) is 6.59. The maximum absolute atomic E-state index is 11.3. The number of carboxylic acid groups (broad SMARTS) is 1. The van der Waals surface area contributed by atoms with E-state index in [1.54, 1.807) is 0 Å². The molecule has 25 heavy (non-hydrogen) atoms. The molecule has 0 aliphatic rings. The van der Waals surface area contributed by atoms with Crippen LogP contribution >= 0.6 is 11.6 Å². The van der Waals surface area contributed by atoms with E-state index in [2.05, 4.69) is 0 Å². The molecule has 0 atom stereocenters. The summed E-state index contributed by atoms with van der Waals surface area (Å²) in [5.41, 5.74) is 0.793. The predicted molar refractivity (Wildman–Crippen MR) is 93.1 cm³/mol. The predicted octanol–water partition coefficient (Wildman–Crippen LogP) is 4.20. The SMILES string of the molecule is O=C(O)N(CCCOc1ccc([N+](=O)[O-])cc1Cl)Cc1ccccc1. The molecular weight excluding hydrogens is 348 g/mol. The minimum Gasteiger partial charge on any atom is -0.492 e. The first kappa shape index (κ1) is 18.5. The molecule has 0 radical (unpaired) electrons. The van der Waals surface area contributed by atoms with E-state index in [9.17, 15) is 20.0 Å². The van der Waals surface area contributed by atoms with Crippen LogP contribution in [0.25, 0.3) is 0 Å². The maximum atomic E-state index is 11.3. The summed E-state index contributed by atoms with van der Waals surface area (Å²) in [5.74, 6) is 0.331. The summed E-state index contributed by atoms with van der Waals surface area (Å²) in [5, 5.41) is 20.1. The number of hydrogen-bond donors (Lipinski definition) is 1. The number of amides is 1. The van der Waals surface area contributed by atoms with Crippen LogP contribution in [-0.4, -0.2) is 34.2 Å². The molecule has 0 fully saturated rings. The highest BCUT2D eigenvalue weighted by Crippen LogP contribution is 2.28. The zero-order valence-corrected chi connectivity index (χ0v) is 14.1. The second kappa shape index (κ2) is 8.89. The van der Waals surface area contributed by atoms with E-state index in [-0.39, 0.29) is 17.3 Å². The summed E-state index contributed by atoms with van der Waals surface area (Å²) in [4.78, 5) is 22.7. The molecule has 0 aromatic heterocycles. The number of carbonyl (C=O) groups is 1. The van der Waals surface area contributed by atoms with E-state index < -0.39 is 11.0 Å². The number of ether oxygens (including phenoxy) is 1. The third kappa shape index (κ3) is 5.65. The highest BCUT2D eigenvalue weighted by atomic mass is 35.5. The summed E-state index contributed by atoms with van der Waals surface area (Å²) < 4.78 is 5.48. The monoisotopic (exact) mass is 364 g/mol. The van der Waals surface area contributed by atoms with Gasteiger partial charge >= 0.3 is 6.09 Å². The fourth-order valence-electron chi connectivity index (χ4n) is 2.20. The third-order valence-electron chi connectivity index (χ3n) is 3.44. The number of non-ortho nitro benzene ring substituents is 1. The van der Waals surface area contributed by atoms with Crippen LogP contribution in [0.5, 0.6) is 5.75 Å². The lowest BCUT2D eigenvalue weighted by Gasteiger charge is -2.19. The first-order valence-corrected chi connectivity index (χ1v) is 7.93. The van der Waals surface area contributed by atoms with Crippen molar-refractivity contribution < 1.29 is 19.6 Å². The fourth-order valence-corrected chi connectivity index (χ4v) is 2.43. The van der Waals surface area contributed by atoms with Crippen molar-refractivity contribution in [2.45, 2.75) is 13.0 Å². The highest BCUT2D eigenvalue weighted by Gasteiger charge is 2.13. The topological polar surface area (TPSA) is 92.9 Å². The van der Waals surface area contributed by atoms with Crippen LogP contribution in [0.2, 0.25) is 5.02 Å². The van der Waals surface area contributed by atoms with Crippen molar-refractivity contribution in [2.24, 2.45) is 0 Å². The Labute approximate surface area is 149 Å². The standard InChI is InChI=1S/C17H17ClN2O5/c18-15-11-14(20(23)24)7-8-16(15)25-10-4-9-19(17(21)22)12-13-5-2-1-3-6-13/h1-3,5-8,11H,4,9-10,12H2,(H,21,22). The van der Waals surface area contributed by atoms with Crippen molar-refractivity contribution in [3.05, 3.63) is 69.2 Å². The quantitative estimate of drug-likeness (QED) is 0.430. The van der Waals surface area contributed by atoms with Gasteiger partial charge in [0.2, 0.25) is 0 Å². The Balaban J connectivity index is 1.84. The number of nitrogens with zero attached hydrogens (tertiary/aromatic N) is 2. The Bertz CT molecular complexity index is 739. The Morgan fingerprint density at radius 2 is 1.96 bits per heavy atom. The minimum absolute atomic E-state index is 0.114. The van der Waals surface area contributed by atoms with E-state index >= 15 is 0 Å². The average molecular weight is 365 g/mol. The molecule has 7 nitrogen and oxygen atoms in total. The lowest BCUT2D eigenvalue weighted by Crippen LogP contribution is -2.30. The van der Waals surface area contributed by atoms with Gasteiger partial charge in [0.15, 0.2) is 0 Å². The molecule has 0 saturated carbocycles. The Morgan fingerprint density at radius 1 is 1.24 bits per heavy atom. The van der Waals surface area contributed by atoms with Crippen molar-refractivity contribution in [2.75, 3.05) is 13.2 Å².